The van der Waals surface area contributed by atoms with Gasteiger partial charge in [0.2, 0.25) is 0 Å². The van der Waals surface area contributed by atoms with Crippen LogP contribution in [0.2, 0.25) is 0 Å². The van der Waals surface area contributed by atoms with Gasteiger partial charge in [-0.3, -0.25) is 4.90 Å². The topological polar surface area (TPSA) is 15.3 Å². The second-order valence-corrected chi connectivity index (χ2v) is 8.79. The second kappa shape index (κ2) is 5.37. The Balaban J connectivity index is 2.04. The van der Waals surface area contributed by atoms with Crippen LogP contribution in [-0.4, -0.2) is 36.1 Å². The molecule has 0 aromatic rings. The van der Waals surface area contributed by atoms with Crippen molar-refractivity contribution >= 4 is 0 Å². The van der Waals surface area contributed by atoms with Crippen LogP contribution in [0.1, 0.15) is 67.2 Å². The Hall–Kier alpha value is -0.0800. The van der Waals surface area contributed by atoms with E-state index < -0.39 is 0 Å². The van der Waals surface area contributed by atoms with Gasteiger partial charge in [-0.1, -0.05) is 41.0 Å². The first-order chi connectivity index (χ1) is 8.69. The van der Waals surface area contributed by atoms with Crippen LogP contribution in [0.25, 0.3) is 0 Å². The molecule has 2 aliphatic rings. The Morgan fingerprint density at radius 2 is 1.89 bits per heavy atom. The lowest BCUT2D eigenvalue weighted by atomic mass is 9.74. The van der Waals surface area contributed by atoms with Crippen LogP contribution in [0.5, 0.6) is 0 Å². The van der Waals surface area contributed by atoms with Crippen LogP contribution in [0.4, 0.5) is 0 Å². The molecule has 3 unspecified atom stereocenters. The van der Waals surface area contributed by atoms with E-state index in [1.54, 1.807) is 0 Å². The summed E-state index contributed by atoms with van der Waals surface area (Å²) in [7, 11) is 0. The lowest BCUT2D eigenvalue weighted by molar-refractivity contribution is 0.0184. The number of rotatable bonds is 1. The molecule has 0 radical (unpaired) electrons. The summed E-state index contributed by atoms with van der Waals surface area (Å²) in [5.41, 5.74) is 0.910. The molecule has 19 heavy (non-hydrogen) atoms. The lowest BCUT2D eigenvalue weighted by Crippen LogP contribution is -2.62. The number of piperazine rings is 1. The van der Waals surface area contributed by atoms with Crippen molar-refractivity contribution < 1.29 is 0 Å². The van der Waals surface area contributed by atoms with Crippen LogP contribution < -0.4 is 5.32 Å². The van der Waals surface area contributed by atoms with Gasteiger partial charge in [-0.2, -0.15) is 0 Å². The normalized spacial score (nSPS) is 37.3. The Morgan fingerprint density at radius 3 is 2.47 bits per heavy atom. The molecule has 2 rings (SSSR count). The zero-order chi connectivity index (χ0) is 14.3. The van der Waals surface area contributed by atoms with Gasteiger partial charge in [-0.05, 0) is 37.0 Å². The lowest BCUT2D eigenvalue weighted by Gasteiger charge is -2.50. The Morgan fingerprint density at radius 1 is 1.21 bits per heavy atom. The molecular weight excluding hydrogens is 232 g/mol. The van der Waals surface area contributed by atoms with Crippen LogP contribution in [-0.2, 0) is 0 Å². The smallest absolute Gasteiger partial charge is 0.0244 e. The zero-order valence-electron chi connectivity index (χ0n) is 13.9. The first-order valence-corrected chi connectivity index (χ1v) is 8.18. The minimum Gasteiger partial charge on any atom is -0.311 e. The average Bonchev–Trinajstić information content (AvgIpc) is 2.26. The van der Waals surface area contributed by atoms with Crippen molar-refractivity contribution in [1.82, 2.24) is 10.2 Å². The zero-order valence-corrected chi connectivity index (χ0v) is 13.9. The van der Waals surface area contributed by atoms with E-state index in [1.165, 1.54) is 32.2 Å². The largest absolute Gasteiger partial charge is 0.311 e. The molecule has 1 aliphatic carbocycles. The van der Waals surface area contributed by atoms with Crippen LogP contribution >= 0.6 is 0 Å². The summed E-state index contributed by atoms with van der Waals surface area (Å²) in [6.07, 6.45) is 5.61. The highest BCUT2D eigenvalue weighted by atomic mass is 15.3. The van der Waals surface area contributed by atoms with Gasteiger partial charge >= 0.3 is 0 Å². The summed E-state index contributed by atoms with van der Waals surface area (Å²) in [5.74, 6) is 0. The fraction of sp³-hybridized carbons (Fsp3) is 1.00. The fourth-order valence-electron chi connectivity index (χ4n) is 3.92. The quantitative estimate of drug-likeness (QED) is 0.779. The number of nitrogens with zero attached hydrogens (tertiary/aromatic N) is 1. The summed E-state index contributed by atoms with van der Waals surface area (Å²) in [4.78, 5) is 2.81. The highest BCUT2D eigenvalue weighted by Gasteiger charge is 2.38. The molecular formula is C17H34N2. The average molecular weight is 266 g/mol. The monoisotopic (exact) mass is 266 g/mol. The molecule has 3 atom stereocenters. The Bertz CT molecular complexity index is 300. The molecule has 0 amide bonds. The second-order valence-electron chi connectivity index (χ2n) is 8.79. The van der Waals surface area contributed by atoms with Gasteiger partial charge in [0.1, 0.15) is 0 Å². The van der Waals surface area contributed by atoms with E-state index in [2.05, 4.69) is 51.8 Å². The first kappa shape index (κ1) is 15.3. The van der Waals surface area contributed by atoms with Gasteiger partial charge in [-0.25, -0.2) is 0 Å². The SMILES string of the molecule is CC1CNC(C(C)(C)C)CN1C1CCCC(C)(C)C1. The molecule has 2 nitrogen and oxygen atoms in total. The summed E-state index contributed by atoms with van der Waals surface area (Å²) in [5, 5.41) is 3.76. The standard InChI is InChI=1S/C17H34N2/c1-13-11-18-15(16(2,3)4)12-19(13)14-8-7-9-17(5,6)10-14/h13-15,18H,7-12H2,1-6H3. The maximum atomic E-state index is 3.76. The molecule has 1 saturated heterocycles. The van der Waals surface area contributed by atoms with E-state index in [9.17, 15) is 0 Å². The molecule has 1 heterocycles. The van der Waals surface area contributed by atoms with Crippen LogP contribution in [0.15, 0.2) is 0 Å². The van der Waals surface area contributed by atoms with Crippen molar-refractivity contribution in [2.45, 2.75) is 85.4 Å². The van der Waals surface area contributed by atoms with Crippen molar-refractivity contribution in [1.29, 1.82) is 0 Å². The fourth-order valence-corrected chi connectivity index (χ4v) is 3.92. The third kappa shape index (κ3) is 3.72. The highest BCUT2D eigenvalue weighted by Crippen LogP contribution is 2.38. The highest BCUT2D eigenvalue weighted by molar-refractivity contribution is 4.95. The van der Waals surface area contributed by atoms with E-state index >= 15 is 0 Å². The summed E-state index contributed by atoms with van der Waals surface area (Å²) in [6.45, 7) is 16.8. The summed E-state index contributed by atoms with van der Waals surface area (Å²) in [6, 6.07) is 2.14. The maximum Gasteiger partial charge on any atom is 0.0244 e. The molecule has 2 fully saturated rings. The van der Waals surface area contributed by atoms with E-state index in [0.717, 1.165) is 12.6 Å². The molecule has 0 aromatic carbocycles. The summed E-state index contributed by atoms with van der Waals surface area (Å²) >= 11 is 0. The van der Waals surface area contributed by atoms with Crippen molar-refractivity contribution in [2.24, 2.45) is 10.8 Å². The number of nitrogens with one attached hydrogen (secondary N) is 1. The van der Waals surface area contributed by atoms with Crippen LogP contribution in [0.3, 0.4) is 0 Å². The molecule has 2 heteroatoms. The Kier molecular flexibility index (Phi) is 4.32. The van der Waals surface area contributed by atoms with Crippen molar-refractivity contribution in [3.8, 4) is 0 Å². The predicted octanol–water partition coefficient (Wildman–Crippen LogP) is 3.66. The first-order valence-electron chi connectivity index (χ1n) is 8.18. The van der Waals surface area contributed by atoms with Crippen molar-refractivity contribution in [3.63, 3.8) is 0 Å². The number of hydrogen-bond acceptors (Lipinski definition) is 2. The van der Waals surface area contributed by atoms with Gasteiger partial charge in [0.15, 0.2) is 0 Å². The van der Waals surface area contributed by atoms with Gasteiger partial charge in [0.25, 0.3) is 0 Å². The molecule has 0 spiro atoms. The minimum atomic E-state index is 0.364. The molecule has 1 N–H and O–H groups in total. The van der Waals surface area contributed by atoms with Crippen LogP contribution in [0, 0.1) is 10.8 Å². The molecule has 112 valence electrons. The summed E-state index contributed by atoms with van der Waals surface area (Å²) < 4.78 is 0. The van der Waals surface area contributed by atoms with Gasteiger partial charge in [0, 0.05) is 31.2 Å². The van der Waals surface area contributed by atoms with E-state index in [1.807, 2.05) is 0 Å². The van der Waals surface area contributed by atoms with E-state index in [4.69, 9.17) is 0 Å². The third-order valence-electron chi connectivity index (χ3n) is 5.31. The van der Waals surface area contributed by atoms with E-state index in [0.29, 0.717) is 22.9 Å². The molecule has 0 aromatic heterocycles. The maximum absolute atomic E-state index is 3.76. The minimum absolute atomic E-state index is 0.364. The molecule has 0 bridgehead atoms. The Labute approximate surface area is 120 Å². The molecule has 1 saturated carbocycles. The van der Waals surface area contributed by atoms with Gasteiger partial charge < -0.3 is 5.32 Å². The van der Waals surface area contributed by atoms with Crippen molar-refractivity contribution in [3.05, 3.63) is 0 Å². The van der Waals surface area contributed by atoms with Crippen molar-refractivity contribution in [2.75, 3.05) is 13.1 Å². The molecule has 1 aliphatic heterocycles. The van der Waals surface area contributed by atoms with E-state index in [-0.39, 0.29) is 0 Å². The van der Waals surface area contributed by atoms with Gasteiger partial charge in [0.05, 0.1) is 0 Å². The van der Waals surface area contributed by atoms with Gasteiger partial charge in [-0.15, -0.1) is 0 Å². The third-order valence-corrected chi connectivity index (χ3v) is 5.31. The predicted molar refractivity (Wildman–Crippen MR) is 83.5 cm³/mol. The number of hydrogen-bond donors (Lipinski definition) is 1.